The number of primary amides is 1. The van der Waals surface area contributed by atoms with E-state index in [-0.39, 0.29) is 5.91 Å². The van der Waals surface area contributed by atoms with Gasteiger partial charge in [-0.3, -0.25) is 9.59 Å². The van der Waals surface area contributed by atoms with Crippen LogP contribution in [0.1, 0.15) is 10.4 Å². The highest BCUT2D eigenvalue weighted by molar-refractivity contribution is 5.98. The molecular formula is C14H19N3O4. The van der Waals surface area contributed by atoms with E-state index >= 15 is 0 Å². The first-order chi connectivity index (χ1) is 10.1. The zero-order valence-electron chi connectivity index (χ0n) is 12.1. The third-order valence-electron chi connectivity index (χ3n) is 3.43. The summed E-state index contributed by atoms with van der Waals surface area (Å²) in [5.74, 6) is 0.245. The number of nitrogens with one attached hydrogen (secondary N) is 1. The number of nitrogens with two attached hydrogens (primary N) is 1. The smallest absolute Gasteiger partial charge is 0.254 e. The van der Waals surface area contributed by atoms with Gasteiger partial charge in [0.05, 0.1) is 14.2 Å². The maximum atomic E-state index is 12.6. The fourth-order valence-corrected chi connectivity index (χ4v) is 2.30. The van der Waals surface area contributed by atoms with Gasteiger partial charge in [0, 0.05) is 31.3 Å². The van der Waals surface area contributed by atoms with Gasteiger partial charge >= 0.3 is 0 Å². The van der Waals surface area contributed by atoms with Crippen LogP contribution in [0.3, 0.4) is 0 Å². The zero-order valence-corrected chi connectivity index (χ0v) is 12.1. The molecule has 1 unspecified atom stereocenters. The number of carbonyl (C=O) groups is 2. The molecule has 0 aromatic heterocycles. The van der Waals surface area contributed by atoms with Crippen molar-refractivity contribution in [1.29, 1.82) is 0 Å². The maximum Gasteiger partial charge on any atom is 0.254 e. The Morgan fingerprint density at radius 3 is 2.38 bits per heavy atom. The first-order valence-corrected chi connectivity index (χ1v) is 6.61. The highest BCUT2D eigenvalue weighted by Crippen LogP contribution is 2.24. The fraction of sp³-hybridized carbons (Fsp3) is 0.429. The quantitative estimate of drug-likeness (QED) is 0.788. The van der Waals surface area contributed by atoms with Gasteiger partial charge in [0.2, 0.25) is 5.91 Å². The summed E-state index contributed by atoms with van der Waals surface area (Å²) in [6.45, 7) is 1.41. The summed E-state index contributed by atoms with van der Waals surface area (Å²) in [5, 5.41) is 3.05. The van der Waals surface area contributed by atoms with E-state index < -0.39 is 11.9 Å². The number of methoxy groups -OCH3 is 2. The molecule has 1 aliphatic rings. The number of hydrogen-bond acceptors (Lipinski definition) is 5. The van der Waals surface area contributed by atoms with Crippen LogP contribution in [-0.2, 0) is 4.79 Å². The van der Waals surface area contributed by atoms with Gasteiger partial charge in [-0.15, -0.1) is 0 Å². The highest BCUT2D eigenvalue weighted by atomic mass is 16.5. The number of hydrogen-bond donors (Lipinski definition) is 2. The second-order valence-electron chi connectivity index (χ2n) is 4.72. The van der Waals surface area contributed by atoms with Gasteiger partial charge in [-0.1, -0.05) is 0 Å². The molecule has 21 heavy (non-hydrogen) atoms. The summed E-state index contributed by atoms with van der Waals surface area (Å²) in [4.78, 5) is 25.6. The van der Waals surface area contributed by atoms with Gasteiger partial charge in [0.25, 0.3) is 5.91 Å². The van der Waals surface area contributed by atoms with E-state index in [0.29, 0.717) is 36.7 Å². The Morgan fingerprint density at radius 2 is 1.86 bits per heavy atom. The van der Waals surface area contributed by atoms with Crippen LogP contribution in [0.2, 0.25) is 0 Å². The topological polar surface area (TPSA) is 93.9 Å². The van der Waals surface area contributed by atoms with Gasteiger partial charge in [0.1, 0.15) is 17.5 Å². The van der Waals surface area contributed by atoms with Crippen LogP contribution in [0.25, 0.3) is 0 Å². The monoisotopic (exact) mass is 293 g/mol. The molecule has 1 fully saturated rings. The van der Waals surface area contributed by atoms with Crippen LogP contribution in [0.4, 0.5) is 0 Å². The van der Waals surface area contributed by atoms with E-state index in [0.717, 1.165) is 0 Å². The highest BCUT2D eigenvalue weighted by Gasteiger charge is 2.31. The third kappa shape index (κ3) is 3.25. The van der Waals surface area contributed by atoms with Gasteiger partial charge in [-0.2, -0.15) is 0 Å². The van der Waals surface area contributed by atoms with Crippen LogP contribution in [0, 0.1) is 0 Å². The van der Waals surface area contributed by atoms with Crippen molar-refractivity contribution in [2.45, 2.75) is 6.04 Å². The first kappa shape index (κ1) is 15.1. The Labute approximate surface area is 123 Å². The molecule has 1 saturated heterocycles. The molecule has 0 saturated carbocycles. The lowest BCUT2D eigenvalue weighted by Crippen LogP contribution is -2.58. The number of piperazine rings is 1. The summed E-state index contributed by atoms with van der Waals surface area (Å²) in [7, 11) is 3.03. The van der Waals surface area contributed by atoms with E-state index in [1.807, 2.05) is 0 Å². The van der Waals surface area contributed by atoms with E-state index in [1.165, 1.54) is 19.1 Å². The van der Waals surface area contributed by atoms with Crippen molar-refractivity contribution in [1.82, 2.24) is 10.2 Å². The normalized spacial score (nSPS) is 18.2. The lowest BCUT2D eigenvalue weighted by Gasteiger charge is -2.34. The predicted molar refractivity (Wildman–Crippen MR) is 76.4 cm³/mol. The molecule has 1 aliphatic heterocycles. The number of nitrogens with zero attached hydrogens (tertiary/aromatic N) is 1. The number of benzene rings is 1. The predicted octanol–water partition coefficient (Wildman–Crippen LogP) is -0.397. The molecule has 1 aromatic carbocycles. The summed E-state index contributed by atoms with van der Waals surface area (Å²) < 4.78 is 10.3. The van der Waals surface area contributed by atoms with Crippen LogP contribution >= 0.6 is 0 Å². The molecule has 0 spiro atoms. The summed E-state index contributed by atoms with van der Waals surface area (Å²) in [6.07, 6.45) is 0. The maximum absolute atomic E-state index is 12.6. The van der Waals surface area contributed by atoms with Gasteiger partial charge < -0.3 is 25.4 Å². The molecule has 114 valence electrons. The number of rotatable bonds is 4. The van der Waals surface area contributed by atoms with Crippen molar-refractivity contribution in [3.05, 3.63) is 23.8 Å². The van der Waals surface area contributed by atoms with Crippen LogP contribution in [0.15, 0.2) is 18.2 Å². The summed E-state index contributed by atoms with van der Waals surface area (Å²) in [5.41, 5.74) is 5.77. The molecule has 0 bridgehead atoms. The van der Waals surface area contributed by atoms with Gasteiger partial charge in [-0.05, 0) is 12.1 Å². The van der Waals surface area contributed by atoms with E-state index in [4.69, 9.17) is 15.2 Å². The Morgan fingerprint density at radius 1 is 1.24 bits per heavy atom. The van der Waals surface area contributed by atoms with Crippen LogP contribution in [-0.4, -0.2) is 56.6 Å². The minimum Gasteiger partial charge on any atom is -0.497 e. The molecule has 7 heteroatoms. The lowest BCUT2D eigenvalue weighted by molar-refractivity contribution is -0.122. The molecule has 1 aromatic rings. The second kappa shape index (κ2) is 6.45. The Balaban J connectivity index is 2.31. The molecule has 1 heterocycles. The van der Waals surface area contributed by atoms with E-state index in [2.05, 4.69) is 5.32 Å². The summed E-state index contributed by atoms with van der Waals surface area (Å²) in [6, 6.07) is 4.26. The Hall–Kier alpha value is -2.28. The van der Waals surface area contributed by atoms with Crippen molar-refractivity contribution < 1.29 is 19.1 Å². The minimum absolute atomic E-state index is 0.266. The van der Waals surface area contributed by atoms with Gasteiger partial charge in [0.15, 0.2) is 0 Å². The molecule has 0 radical (unpaired) electrons. The van der Waals surface area contributed by atoms with Crippen molar-refractivity contribution in [3.63, 3.8) is 0 Å². The fourth-order valence-electron chi connectivity index (χ4n) is 2.30. The van der Waals surface area contributed by atoms with Crippen LogP contribution < -0.4 is 20.5 Å². The van der Waals surface area contributed by atoms with Crippen molar-refractivity contribution in [3.8, 4) is 11.5 Å². The number of amides is 2. The third-order valence-corrected chi connectivity index (χ3v) is 3.43. The minimum atomic E-state index is -0.650. The molecule has 7 nitrogen and oxygen atoms in total. The Bertz CT molecular complexity index is 525. The molecular weight excluding hydrogens is 274 g/mol. The zero-order chi connectivity index (χ0) is 15.4. The first-order valence-electron chi connectivity index (χ1n) is 6.61. The average molecular weight is 293 g/mol. The number of carbonyl (C=O) groups excluding carboxylic acids is 2. The van der Waals surface area contributed by atoms with E-state index in [1.54, 1.807) is 18.2 Å². The summed E-state index contributed by atoms with van der Waals surface area (Å²) >= 11 is 0. The van der Waals surface area contributed by atoms with Crippen molar-refractivity contribution in [2.24, 2.45) is 5.73 Å². The SMILES string of the molecule is COc1cc(OC)cc(C(=O)N2CCNCC2C(N)=O)c1. The number of ether oxygens (including phenoxy) is 2. The van der Waals surface area contributed by atoms with Crippen molar-refractivity contribution >= 4 is 11.8 Å². The second-order valence-corrected chi connectivity index (χ2v) is 4.72. The molecule has 3 N–H and O–H groups in total. The standard InChI is InChI=1S/C14H19N3O4/c1-20-10-5-9(6-11(7-10)21-2)14(19)17-4-3-16-8-12(17)13(15)18/h5-7,12,16H,3-4,8H2,1-2H3,(H2,15,18). The lowest BCUT2D eigenvalue weighted by atomic mass is 10.1. The Kier molecular flexibility index (Phi) is 4.64. The average Bonchev–Trinajstić information content (AvgIpc) is 2.53. The largest absolute Gasteiger partial charge is 0.497 e. The molecule has 2 amide bonds. The van der Waals surface area contributed by atoms with Crippen LogP contribution in [0.5, 0.6) is 11.5 Å². The van der Waals surface area contributed by atoms with Gasteiger partial charge in [-0.25, -0.2) is 0 Å². The molecule has 2 rings (SSSR count). The molecule has 0 aliphatic carbocycles. The molecule has 1 atom stereocenters. The van der Waals surface area contributed by atoms with Crippen molar-refractivity contribution in [2.75, 3.05) is 33.9 Å². The van der Waals surface area contributed by atoms with E-state index in [9.17, 15) is 9.59 Å².